The van der Waals surface area contributed by atoms with Crippen LogP contribution in [0, 0.1) is 42.2 Å². The van der Waals surface area contributed by atoms with Crippen LogP contribution in [-0.2, 0) is 13.0 Å². The van der Waals surface area contributed by atoms with Gasteiger partial charge in [-0.2, -0.15) is 0 Å². The zero-order chi connectivity index (χ0) is 34.3. The summed E-state index contributed by atoms with van der Waals surface area (Å²) in [6.45, 7) is 15.6. The van der Waals surface area contributed by atoms with Gasteiger partial charge in [-0.05, 0) is 143 Å². The fourth-order valence-electron chi connectivity index (χ4n) is 7.11. The van der Waals surface area contributed by atoms with E-state index in [-0.39, 0.29) is 5.69 Å². The first-order valence-corrected chi connectivity index (χ1v) is 19.8. The maximum Gasteiger partial charge on any atom is 0.147 e. The molecule has 1 saturated heterocycles. The molecule has 2 nitrogen and oxygen atoms in total. The average molecular weight is 677 g/mol. The first kappa shape index (κ1) is 38.4. The van der Waals surface area contributed by atoms with Crippen molar-refractivity contribution in [1.29, 1.82) is 0 Å². The van der Waals surface area contributed by atoms with Crippen molar-refractivity contribution in [2.75, 3.05) is 23.9 Å². The minimum absolute atomic E-state index is 0.267. The van der Waals surface area contributed by atoms with Gasteiger partial charge in [-0.3, -0.25) is 0 Å². The molecular formula is C43H62F2N2S. The minimum atomic E-state index is -0.435. The Balaban J connectivity index is 0.000000291. The maximum atomic E-state index is 14.8. The molecule has 1 aliphatic heterocycles. The SMILES string of the molecule is CCCCC(C)CC1CC1CC(C)CC.Cc1ccc(SN(Cc2ccccc2CCCN2CCCCC2)c2cc(F)ccc2F)cc1. The van der Waals surface area contributed by atoms with Crippen molar-refractivity contribution >= 4 is 17.6 Å². The summed E-state index contributed by atoms with van der Waals surface area (Å²) < 4.78 is 30.7. The van der Waals surface area contributed by atoms with Crippen LogP contribution in [0.1, 0.15) is 115 Å². The van der Waals surface area contributed by atoms with Gasteiger partial charge in [-0.25, -0.2) is 8.78 Å². The topological polar surface area (TPSA) is 6.48 Å². The van der Waals surface area contributed by atoms with Crippen LogP contribution in [0.2, 0.25) is 0 Å². The number of aryl methyl sites for hydroxylation is 2. The number of hydrogen-bond donors (Lipinski definition) is 0. The van der Waals surface area contributed by atoms with Gasteiger partial charge in [0.15, 0.2) is 0 Å². The fourth-order valence-corrected chi connectivity index (χ4v) is 8.07. The lowest BCUT2D eigenvalue weighted by Gasteiger charge is -2.27. The monoisotopic (exact) mass is 676 g/mol. The summed E-state index contributed by atoms with van der Waals surface area (Å²) in [4.78, 5) is 3.56. The molecule has 1 aliphatic carbocycles. The van der Waals surface area contributed by atoms with E-state index in [9.17, 15) is 8.78 Å². The summed E-state index contributed by atoms with van der Waals surface area (Å²) >= 11 is 1.44. The van der Waals surface area contributed by atoms with Crippen LogP contribution in [-0.4, -0.2) is 24.5 Å². The normalized spacial score (nSPS) is 18.9. The van der Waals surface area contributed by atoms with Crippen molar-refractivity contribution < 1.29 is 8.78 Å². The van der Waals surface area contributed by atoms with Gasteiger partial charge in [-0.15, -0.1) is 0 Å². The number of halogens is 2. The number of anilines is 1. The first-order valence-electron chi connectivity index (χ1n) is 19.0. The molecule has 264 valence electrons. The second kappa shape index (κ2) is 20.3. The zero-order valence-electron chi connectivity index (χ0n) is 30.5. The molecule has 5 heteroatoms. The third kappa shape index (κ3) is 13.2. The quantitative estimate of drug-likeness (QED) is 0.131. The van der Waals surface area contributed by atoms with Crippen LogP contribution >= 0.6 is 11.9 Å². The molecule has 4 atom stereocenters. The van der Waals surface area contributed by atoms with Crippen molar-refractivity contribution in [3.05, 3.63) is 95.1 Å². The zero-order valence-corrected chi connectivity index (χ0v) is 31.3. The largest absolute Gasteiger partial charge is 0.305 e. The highest BCUT2D eigenvalue weighted by Gasteiger charge is 2.37. The molecule has 0 amide bonds. The van der Waals surface area contributed by atoms with E-state index in [0.717, 1.165) is 53.5 Å². The van der Waals surface area contributed by atoms with Crippen LogP contribution in [0.25, 0.3) is 0 Å². The van der Waals surface area contributed by atoms with Crippen molar-refractivity contribution in [2.45, 2.75) is 123 Å². The molecule has 1 heterocycles. The fraction of sp³-hybridized carbons (Fsp3) is 0.581. The number of nitrogens with zero attached hydrogens (tertiary/aromatic N) is 2. The summed E-state index contributed by atoms with van der Waals surface area (Å²) in [5, 5.41) is 0. The van der Waals surface area contributed by atoms with Crippen LogP contribution in [0.5, 0.6) is 0 Å². The van der Waals surface area contributed by atoms with Crippen LogP contribution in [0.4, 0.5) is 14.5 Å². The van der Waals surface area contributed by atoms with E-state index in [1.165, 1.54) is 112 Å². The van der Waals surface area contributed by atoms with Gasteiger partial charge in [0.05, 0.1) is 12.2 Å². The minimum Gasteiger partial charge on any atom is -0.305 e. The predicted octanol–water partition coefficient (Wildman–Crippen LogP) is 12.7. The molecule has 2 aliphatic rings. The molecule has 3 aromatic rings. The van der Waals surface area contributed by atoms with Crippen LogP contribution < -0.4 is 4.31 Å². The van der Waals surface area contributed by atoms with Crippen LogP contribution in [0.15, 0.2) is 71.6 Å². The molecule has 0 aromatic heterocycles. The Morgan fingerprint density at radius 2 is 1.52 bits per heavy atom. The lowest BCUT2D eigenvalue weighted by molar-refractivity contribution is 0.226. The van der Waals surface area contributed by atoms with E-state index in [4.69, 9.17) is 0 Å². The number of benzene rings is 3. The number of piperidine rings is 1. The van der Waals surface area contributed by atoms with E-state index in [1.54, 1.807) is 6.42 Å². The molecule has 2 fully saturated rings. The third-order valence-corrected chi connectivity index (χ3v) is 11.5. The lowest BCUT2D eigenvalue weighted by Crippen LogP contribution is -2.30. The molecule has 0 N–H and O–H groups in total. The average Bonchev–Trinajstić information content (AvgIpc) is 3.83. The van der Waals surface area contributed by atoms with E-state index in [2.05, 4.69) is 50.8 Å². The number of unbranched alkanes of at least 4 members (excludes halogenated alkanes) is 1. The summed E-state index contributed by atoms with van der Waals surface area (Å²) in [5.41, 5.74) is 3.87. The molecular weight excluding hydrogens is 615 g/mol. The highest BCUT2D eigenvalue weighted by atomic mass is 32.2. The Morgan fingerprint density at radius 3 is 2.21 bits per heavy atom. The maximum absolute atomic E-state index is 14.8. The van der Waals surface area contributed by atoms with Crippen molar-refractivity contribution in [3.8, 4) is 0 Å². The lowest BCUT2D eigenvalue weighted by atomic mass is 9.95. The molecule has 0 bridgehead atoms. The first-order chi connectivity index (χ1) is 23.2. The highest BCUT2D eigenvalue weighted by molar-refractivity contribution is 8.00. The van der Waals surface area contributed by atoms with E-state index < -0.39 is 11.6 Å². The second-order valence-corrected chi connectivity index (χ2v) is 15.9. The van der Waals surface area contributed by atoms with Gasteiger partial charge in [-0.1, -0.05) is 102 Å². The van der Waals surface area contributed by atoms with Gasteiger partial charge in [0.2, 0.25) is 0 Å². The Kier molecular flexibility index (Phi) is 16.3. The van der Waals surface area contributed by atoms with Gasteiger partial charge in [0, 0.05) is 11.0 Å². The van der Waals surface area contributed by atoms with Gasteiger partial charge in [0.25, 0.3) is 0 Å². The molecule has 5 rings (SSSR count). The summed E-state index contributed by atoms with van der Waals surface area (Å²) in [6.07, 6.45) is 16.3. The number of rotatable bonds is 17. The molecule has 0 radical (unpaired) electrons. The van der Waals surface area contributed by atoms with Crippen molar-refractivity contribution in [3.63, 3.8) is 0 Å². The Labute approximate surface area is 296 Å². The molecule has 0 spiro atoms. The number of likely N-dealkylation sites (tertiary alicyclic amines) is 1. The van der Waals surface area contributed by atoms with E-state index in [1.807, 2.05) is 41.6 Å². The van der Waals surface area contributed by atoms with Gasteiger partial charge in [0.1, 0.15) is 11.6 Å². The highest BCUT2D eigenvalue weighted by Crippen LogP contribution is 2.47. The molecule has 4 unspecified atom stereocenters. The molecule has 3 aromatic carbocycles. The Morgan fingerprint density at radius 1 is 0.833 bits per heavy atom. The molecule has 1 saturated carbocycles. The Bertz CT molecular complexity index is 1340. The van der Waals surface area contributed by atoms with E-state index >= 15 is 0 Å². The van der Waals surface area contributed by atoms with Crippen molar-refractivity contribution in [1.82, 2.24) is 4.90 Å². The van der Waals surface area contributed by atoms with Gasteiger partial charge < -0.3 is 9.21 Å². The second-order valence-electron chi connectivity index (χ2n) is 14.8. The summed E-state index contributed by atoms with van der Waals surface area (Å²) in [5.74, 6) is 3.30. The third-order valence-electron chi connectivity index (χ3n) is 10.4. The van der Waals surface area contributed by atoms with Crippen LogP contribution in [0.3, 0.4) is 0 Å². The number of hydrogen-bond acceptors (Lipinski definition) is 3. The smallest absolute Gasteiger partial charge is 0.147 e. The Hall–Kier alpha value is -2.37. The summed E-state index contributed by atoms with van der Waals surface area (Å²) in [7, 11) is 0. The van der Waals surface area contributed by atoms with Crippen molar-refractivity contribution in [2.24, 2.45) is 23.7 Å². The molecule has 48 heavy (non-hydrogen) atoms. The standard InChI is InChI=1S/C28H32F2N2S.C15H30/c1-22-11-14-26(15-12-22)33-32(28-20-25(29)13-16-27(28)30)21-24-9-4-3-8-23(24)10-7-19-31-17-5-2-6-18-31;1-5-7-8-13(4)10-15-11-14(15)9-12(3)6-2/h3-4,8-9,11-16,20H,2,5-7,10,17-19,21H2,1H3;12-15H,5-11H2,1-4H3. The van der Waals surface area contributed by atoms with Gasteiger partial charge >= 0.3 is 0 Å². The predicted molar refractivity (Wildman–Crippen MR) is 204 cm³/mol. The summed E-state index contributed by atoms with van der Waals surface area (Å²) in [6, 6.07) is 20.2. The van der Waals surface area contributed by atoms with E-state index in [0.29, 0.717) is 6.54 Å².